The van der Waals surface area contributed by atoms with Gasteiger partial charge < -0.3 is 0 Å². The maximum atomic E-state index is 12.2. The average molecular weight is 334 g/mol. The highest BCUT2D eigenvalue weighted by Crippen LogP contribution is 2.29. The Balaban J connectivity index is 1.91. The molecule has 1 amide bonds. The quantitative estimate of drug-likeness (QED) is 0.577. The van der Waals surface area contributed by atoms with Crippen molar-refractivity contribution in [2.24, 2.45) is 0 Å². The Bertz CT molecular complexity index is 894. The van der Waals surface area contributed by atoms with Gasteiger partial charge in [0.2, 0.25) is 0 Å². The number of carbonyl (C=O) groups excluding carboxylic acids is 1. The number of nitro groups is 1. The maximum Gasteiger partial charge on any atom is 0.282 e. The number of thiazole rings is 1. The van der Waals surface area contributed by atoms with Gasteiger partial charge in [0.15, 0.2) is 5.13 Å². The van der Waals surface area contributed by atoms with Crippen LogP contribution < -0.4 is 5.32 Å². The molecule has 1 heterocycles. The third-order valence-corrected chi connectivity index (χ3v) is 4.10. The molecular weight excluding hydrogens is 326 g/mol. The molecule has 3 aromatic rings. The number of aromatic nitrogens is 1. The van der Waals surface area contributed by atoms with Crippen molar-refractivity contribution in [3.05, 3.63) is 63.2 Å². The van der Waals surface area contributed by atoms with Crippen LogP contribution >= 0.6 is 22.9 Å². The summed E-state index contributed by atoms with van der Waals surface area (Å²) < 4.78 is 0.863. The molecule has 0 saturated heterocycles. The number of halogens is 1. The average Bonchev–Trinajstić information content (AvgIpc) is 2.88. The lowest BCUT2D eigenvalue weighted by Gasteiger charge is -2.02. The molecule has 0 radical (unpaired) electrons. The van der Waals surface area contributed by atoms with E-state index in [9.17, 15) is 14.9 Å². The smallest absolute Gasteiger partial charge is 0.282 e. The molecule has 2 aromatic carbocycles. The van der Waals surface area contributed by atoms with E-state index in [4.69, 9.17) is 11.6 Å². The molecule has 0 aliphatic carbocycles. The minimum Gasteiger partial charge on any atom is -0.298 e. The number of benzene rings is 2. The zero-order valence-electron chi connectivity index (χ0n) is 10.9. The molecular formula is C14H8ClN3O3S. The van der Waals surface area contributed by atoms with Gasteiger partial charge in [-0.15, -0.1) is 0 Å². The highest BCUT2D eigenvalue weighted by Gasteiger charge is 2.20. The molecule has 0 unspecified atom stereocenters. The Morgan fingerprint density at radius 2 is 2.05 bits per heavy atom. The Kier molecular flexibility index (Phi) is 3.74. The number of nitrogens with zero attached hydrogens (tertiary/aromatic N) is 2. The van der Waals surface area contributed by atoms with Crippen molar-refractivity contribution < 1.29 is 9.72 Å². The third-order valence-electron chi connectivity index (χ3n) is 2.92. The van der Waals surface area contributed by atoms with Crippen molar-refractivity contribution in [2.75, 3.05) is 5.32 Å². The normalized spacial score (nSPS) is 10.6. The first kappa shape index (κ1) is 14.4. The predicted octanol–water partition coefficient (Wildman–Crippen LogP) is 4.11. The van der Waals surface area contributed by atoms with Crippen LogP contribution in [0, 0.1) is 10.1 Å². The molecule has 0 fully saturated rings. The summed E-state index contributed by atoms with van der Waals surface area (Å²) >= 11 is 7.16. The van der Waals surface area contributed by atoms with Crippen LogP contribution in [-0.2, 0) is 0 Å². The standard InChI is InChI=1S/C14H8ClN3O3S/c15-8-5-6-12-10(7-8)16-14(22-12)17-13(19)9-3-1-2-4-11(9)18(20)21/h1-7H,(H,16,17,19). The number of hydrogen-bond acceptors (Lipinski definition) is 5. The number of nitro benzene ring substituents is 1. The van der Waals surface area contributed by atoms with Crippen molar-refractivity contribution in [1.82, 2.24) is 4.98 Å². The van der Waals surface area contributed by atoms with E-state index in [1.807, 2.05) is 0 Å². The molecule has 22 heavy (non-hydrogen) atoms. The van der Waals surface area contributed by atoms with E-state index in [0.717, 1.165) is 4.70 Å². The predicted molar refractivity (Wildman–Crippen MR) is 85.7 cm³/mol. The van der Waals surface area contributed by atoms with Crippen LogP contribution in [0.3, 0.4) is 0 Å². The largest absolute Gasteiger partial charge is 0.298 e. The van der Waals surface area contributed by atoms with Crippen LogP contribution in [-0.4, -0.2) is 15.8 Å². The number of anilines is 1. The van der Waals surface area contributed by atoms with Crippen LogP contribution in [0.2, 0.25) is 5.02 Å². The van der Waals surface area contributed by atoms with Crippen molar-refractivity contribution in [2.45, 2.75) is 0 Å². The van der Waals surface area contributed by atoms with E-state index < -0.39 is 10.8 Å². The Morgan fingerprint density at radius 1 is 1.27 bits per heavy atom. The van der Waals surface area contributed by atoms with Gasteiger partial charge in [0.1, 0.15) is 5.56 Å². The SMILES string of the molecule is O=C(Nc1nc2cc(Cl)ccc2s1)c1ccccc1[N+](=O)[O-]. The number of nitrogens with one attached hydrogen (secondary N) is 1. The van der Waals surface area contributed by atoms with Gasteiger partial charge in [0.25, 0.3) is 11.6 Å². The van der Waals surface area contributed by atoms with Crippen molar-refractivity contribution in [1.29, 1.82) is 0 Å². The monoisotopic (exact) mass is 333 g/mol. The highest BCUT2D eigenvalue weighted by atomic mass is 35.5. The van der Waals surface area contributed by atoms with Crippen molar-refractivity contribution in [3.63, 3.8) is 0 Å². The van der Waals surface area contributed by atoms with Crippen LogP contribution in [0.25, 0.3) is 10.2 Å². The molecule has 1 aromatic heterocycles. The van der Waals surface area contributed by atoms with Crippen LogP contribution in [0.15, 0.2) is 42.5 Å². The fourth-order valence-corrected chi connectivity index (χ4v) is 2.95. The topological polar surface area (TPSA) is 85.1 Å². The molecule has 0 aliphatic heterocycles. The van der Waals surface area contributed by atoms with E-state index in [2.05, 4.69) is 10.3 Å². The van der Waals surface area contributed by atoms with Gasteiger partial charge in [0.05, 0.1) is 15.1 Å². The number of hydrogen-bond donors (Lipinski definition) is 1. The first-order chi connectivity index (χ1) is 10.5. The first-order valence-electron chi connectivity index (χ1n) is 6.15. The highest BCUT2D eigenvalue weighted by molar-refractivity contribution is 7.22. The van der Waals surface area contributed by atoms with Crippen LogP contribution in [0.5, 0.6) is 0 Å². The summed E-state index contributed by atoms with van der Waals surface area (Å²) in [4.78, 5) is 26.8. The number of fused-ring (bicyclic) bond motifs is 1. The summed E-state index contributed by atoms with van der Waals surface area (Å²) in [5, 5.41) is 14.5. The summed E-state index contributed by atoms with van der Waals surface area (Å²) in [5.74, 6) is -0.572. The minimum atomic E-state index is -0.590. The van der Waals surface area contributed by atoms with E-state index in [1.165, 1.54) is 29.5 Å². The fraction of sp³-hybridized carbons (Fsp3) is 0. The number of amides is 1. The molecule has 0 bridgehead atoms. The summed E-state index contributed by atoms with van der Waals surface area (Å²) in [6.07, 6.45) is 0. The maximum absolute atomic E-state index is 12.2. The lowest BCUT2D eigenvalue weighted by atomic mass is 10.1. The Labute approximate surface area is 133 Å². The zero-order chi connectivity index (χ0) is 15.7. The molecule has 0 atom stereocenters. The van der Waals surface area contributed by atoms with Gasteiger partial charge in [-0.25, -0.2) is 4.98 Å². The summed E-state index contributed by atoms with van der Waals surface area (Å²) in [6, 6.07) is 11.0. The molecule has 0 spiro atoms. The van der Waals surface area contributed by atoms with Gasteiger partial charge in [-0.05, 0) is 24.3 Å². The lowest BCUT2D eigenvalue weighted by Crippen LogP contribution is -2.13. The number of rotatable bonds is 3. The second-order valence-corrected chi connectivity index (χ2v) is 5.83. The summed E-state index contributed by atoms with van der Waals surface area (Å²) in [6.45, 7) is 0. The first-order valence-corrected chi connectivity index (χ1v) is 7.35. The summed E-state index contributed by atoms with van der Waals surface area (Å²) in [7, 11) is 0. The van der Waals surface area contributed by atoms with Gasteiger partial charge >= 0.3 is 0 Å². The molecule has 8 heteroatoms. The zero-order valence-corrected chi connectivity index (χ0v) is 12.5. The van der Waals surface area contributed by atoms with Gasteiger partial charge in [-0.3, -0.25) is 20.2 Å². The minimum absolute atomic E-state index is 0.00946. The van der Waals surface area contributed by atoms with E-state index in [1.54, 1.807) is 24.3 Å². The second-order valence-electron chi connectivity index (χ2n) is 4.36. The second kappa shape index (κ2) is 5.70. The molecule has 0 aliphatic rings. The van der Waals surface area contributed by atoms with E-state index >= 15 is 0 Å². The molecule has 1 N–H and O–H groups in total. The third kappa shape index (κ3) is 2.76. The van der Waals surface area contributed by atoms with Crippen LogP contribution in [0.4, 0.5) is 10.8 Å². The molecule has 6 nitrogen and oxygen atoms in total. The molecule has 3 rings (SSSR count). The van der Waals surface area contributed by atoms with Gasteiger partial charge in [0, 0.05) is 11.1 Å². The van der Waals surface area contributed by atoms with Gasteiger partial charge in [-0.2, -0.15) is 0 Å². The van der Waals surface area contributed by atoms with E-state index in [-0.39, 0.29) is 11.3 Å². The summed E-state index contributed by atoms with van der Waals surface area (Å²) in [5.41, 5.74) is 0.407. The Morgan fingerprint density at radius 3 is 2.82 bits per heavy atom. The van der Waals surface area contributed by atoms with Crippen molar-refractivity contribution >= 4 is 49.9 Å². The lowest BCUT2D eigenvalue weighted by molar-refractivity contribution is -0.385. The molecule has 110 valence electrons. The Hall–Kier alpha value is -2.51. The van der Waals surface area contributed by atoms with Crippen LogP contribution in [0.1, 0.15) is 10.4 Å². The van der Waals surface area contributed by atoms with Crippen molar-refractivity contribution in [3.8, 4) is 0 Å². The number of para-hydroxylation sites is 1. The van der Waals surface area contributed by atoms with E-state index in [0.29, 0.717) is 15.7 Å². The number of carbonyl (C=O) groups is 1. The van der Waals surface area contributed by atoms with Gasteiger partial charge in [-0.1, -0.05) is 35.1 Å². The fourth-order valence-electron chi connectivity index (χ4n) is 1.94. The molecule has 0 saturated carbocycles.